The maximum Gasteiger partial charge on any atom is 0.341 e. The normalized spacial score (nSPS) is 11.2. The summed E-state index contributed by atoms with van der Waals surface area (Å²) in [7, 11) is 0. The summed E-state index contributed by atoms with van der Waals surface area (Å²) in [6.45, 7) is 1.43. The number of rotatable bonds is 6. The summed E-state index contributed by atoms with van der Waals surface area (Å²) in [6.07, 6.45) is 1.47. The Bertz CT molecular complexity index is 733. The highest BCUT2D eigenvalue weighted by Gasteiger charge is 2.04. The highest BCUT2D eigenvalue weighted by atomic mass is 35.5. The number of hydrogen-bond acceptors (Lipinski definition) is 5. The fourth-order valence-electron chi connectivity index (χ4n) is 1.64. The average molecular weight is 354 g/mol. The van der Waals surface area contributed by atoms with Crippen molar-refractivity contribution in [3.05, 3.63) is 52.1 Å². The molecule has 2 N–H and O–H groups in total. The minimum Gasteiger partial charge on any atom is -0.482 e. The van der Waals surface area contributed by atoms with Crippen LogP contribution in [-0.4, -0.2) is 28.4 Å². The van der Waals surface area contributed by atoms with Crippen LogP contribution in [0.3, 0.4) is 0 Å². The quantitative estimate of drug-likeness (QED) is 0.611. The van der Waals surface area contributed by atoms with E-state index in [0.29, 0.717) is 27.3 Å². The number of aromatic nitrogens is 1. The molecule has 0 aliphatic carbocycles. The molecule has 0 saturated carbocycles. The van der Waals surface area contributed by atoms with Crippen LogP contribution in [0.4, 0.5) is 5.82 Å². The molecule has 6 nitrogen and oxygen atoms in total. The van der Waals surface area contributed by atoms with Gasteiger partial charge in [-0.25, -0.2) is 9.78 Å². The molecule has 0 amide bonds. The number of carboxylic acid groups (broad SMARTS) is 1. The Morgan fingerprint density at radius 1 is 1.35 bits per heavy atom. The number of pyridine rings is 1. The molecule has 2 aromatic rings. The number of carboxylic acids is 1. The van der Waals surface area contributed by atoms with Gasteiger partial charge in [0.2, 0.25) is 0 Å². The number of hydrazone groups is 1. The van der Waals surface area contributed by atoms with Crippen LogP contribution < -0.4 is 10.2 Å². The van der Waals surface area contributed by atoms with E-state index in [1.165, 1.54) is 6.20 Å². The Balaban J connectivity index is 2.04. The molecule has 0 aliphatic rings. The van der Waals surface area contributed by atoms with Crippen molar-refractivity contribution >= 4 is 40.7 Å². The van der Waals surface area contributed by atoms with Crippen molar-refractivity contribution in [2.45, 2.75) is 6.92 Å². The van der Waals surface area contributed by atoms with Crippen molar-refractivity contribution in [1.82, 2.24) is 4.98 Å². The fraction of sp³-hybridized carbons (Fsp3) is 0.133. The van der Waals surface area contributed by atoms with Crippen LogP contribution in [0.5, 0.6) is 5.75 Å². The van der Waals surface area contributed by atoms with Gasteiger partial charge < -0.3 is 9.84 Å². The number of anilines is 1. The number of nitrogens with one attached hydrogen (secondary N) is 1. The van der Waals surface area contributed by atoms with Crippen LogP contribution in [0.25, 0.3) is 0 Å². The second-order valence-corrected chi connectivity index (χ2v) is 5.34. The van der Waals surface area contributed by atoms with E-state index in [2.05, 4.69) is 15.5 Å². The molecule has 0 spiro atoms. The maximum atomic E-state index is 10.4. The van der Waals surface area contributed by atoms with Crippen LogP contribution >= 0.6 is 23.2 Å². The predicted octanol–water partition coefficient (Wildman–Crippen LogP) is 3.69. The first-order valence-electron chi connectivity index (χ1n) is 6.52. The number of halogens is 2. The lowest BCUT2D eigenvalue weighted by molar-refractivity contribution is -0.139. The molecule has 23 heavy (non-hydrogen) atoms. The summed E-state index contributed by atoms with van der Waals surface area (Å²) in [5.74, 6) is -0.153. The van der Waals surface area contributed by atoms with E-state index in [0.717, 1.165) is 5.56 Å². The van der Waals surface area contributed by atoms with Crippen molar-refractivity contribution in [3.8, 4) is 5.75 Å². The van der Waals surface area contributed by atoms with Crippen LogP contribution in [0, 0.1) is 0 Å². The molecule has 1 heterocycles. The van der Waals surface area contributed by atoms with E-state index >= 15 is 0 Å². The summed E-state index contributed by atoms with van der Waals surface area (Å²) >= 11 is 11.8. The molecule has 120 valence electrons. The second kappa shape index (κ2) is 7.80. The Morgan fingerprint density at radius 3 is 2.65 bits per heavy atom. The molecule has 1 aromatic heterocycles. The van der Waals surface area contributed by atoms with Crippen molar-refractivity contribution < 1.29 is 14.6 Å². The highest BCUT2D eigenvalue weighted by Crippen LogP contribution is 2.22. The SMILES string of the molecule is C/C(=N/Nc1ncc(Cl)cc1Cl)c1ccc(OCC(=O)O)cc1. The molecule has 2 rings (SSSR count). The summed E-state index contributed by atoms with van der Waals surface area (Å²) in [6, 6.07) is 8.46. The largest absolute Gasteiger partial charge is 0.482 e. The van der Waals surface area contributed by atoms with Crippen LogP contribution in [0.15, 0.2) is 41.6 Å². The van der Waals surface area contributed by atoms with E-state index < -0.39 is 5.97 Å². The number of carbonyl (C=O) groups is 1. The zero-order valence-electron chi connectivity index (χ0n) is 12.1. The molecular formula is C15H13Cl2N3O3. The smallest absolute Gasteiger partial charge is 0.341 e. The van der Waals surface area contributed by atoms with Crippen molar-refractivity contribution in [1.29, 1.82) is 0 Å². The van der Waals surface area contributed by atoms with Crippen LogP contribution in [0.1, 0.15) is 12.5 Å². The molecule has 0 unspecified atom stereocenters. The molecule has 0 radical (unpaired) electrons. The predicted molar refractivity (Wildman–Crippen MR) is 89.7 cm³/mol. The molecule has 0 atom stereocenters. The van der Waals surface area contributed by atoms with Gasteiger partial charge in [-0.05, 0) is 42.8 Å². The van der Waals surface area contributed by atoms with Crippen molar-refractivity contribution in [3.63, 3.8) is 0 Å². The number of hydrogen-bond donors (Lipinski definition) is 2. The van der Waals surface area contributed by atoms with Gasteiger partial charge in [0, 0.05) is 6.20 Å². The van der Waals surface area contributed by atoms with Gasteiger partial charge >= 0.3 is 5.97 Å². The minimum absolute atomic E-state index is 0.367. The average Bonchev–Trinajstić information content (AvgIpc) is 2.52. The first-order chi connectivity index (χ1) is 11.0. The van der Waals surface area contributed by atoms with E-state index in [9.17, 15) is 4.79 Å². The zero-order valence-corrected chi connectivity index (χ0v) is 13.6. The van der Waals surface area contributed by atoms with Gasteiger partial charge in [0.15, 0.2) is 12.4 Å². The lowest BCUT2D eigenvalue weighted by Crippen LogP contribution is -2.09. The van der Waals surface area contributed by atoms with Gasteiger partial charge in [-0.15, -0.1) is 0 Å². The minimum atomic E-state index is -1.02. The van der Waals surface area contributed by atoms with Gasteiger partial charge in [-0.2, -0.15) is 5.10 Å². The summed E-state index contributed by atoms with van der Waals surface area (Å²) in [5, 5.41) is 13.6. The highest BCUT2D eigenvalue weighted by molar-refractivity contribution is 6.35. The van der Waals surface area contributed by atoms with E-state index in [1.54, 1.807) is 30.3 Å². The van der Waals surface area contributed by atoms with E-state index in [1.807, 2.05) is 6.92 Å². The molecule has 0 bridgehead atoms. The number of aliphatic carboxylic acids is 1. The monoisotopic (exact) mass is 353 g/mol. The zero-order chi connectivity index (χ0) is 16.8. The van der Waals surface area contributed by atoms with E-state index in [-0.39, 0.29) is 6.61 Å². The molecule has 0 fully saturated rings. The van der Waals surface area contributed by atoms with Crippen molar-refractivity contribution in [2.75, 3.05) is 12.0 Å². The number of ether oxygens (including phenoxy) is 1. The standard InChI is InChI=1S/C15H13Cl2N3O3/c1-9(19-20-15-13(17)6-11(16)7-18-15)10-2-4-12(5-3-10)23-8-14(21)22/h2-7H,8H2,1H3,(H,18,20)(H,21,22)/b19-9-. The van der Waals surface area contributed by atoms with Gasteiger partial charge in [-0.3, -0.25) is 5.43 Å². The third kappa shape index (κ3) is 5.12. The first-order valence-corrected chi connectivity index (χ1v) is 7.27. The van der Waals surface area contributed by atoms with Crippen molar-refractivity contribution in [2.24, 2.45) is 5.10 Å². The van der Waals surface area contributed by atoms with Gasteiger partial charge in [0.25, 0.3) is 0 Å². The molecule has 0 saturated heterocycles. The Hall–Kier alpha value is -2.31. The topological polar surface area (TPSA) is 83.8 Å². The molecule has 1 aromatic carbocycles. The summed E-state index contributed by atoms with van der Waals surface area (Å²) in [5.41, 5.74) is 4.31. The lowest BCUT2D eigenvalue weighted by Gasteiger charge is -2.06. The molecule has 8 heteroatoms. The number of nitrogens with zero attached hydrogens (tertiary/aromatic N) is 2. The lowest BCUT2D eigenvalue weighted by atomic mass is 10.1. The summed E-state index contributed by atoms with van der Waals surface area (Å²) in [4.78, 5) is 14.5. The molecule has 0 aliphatic heterocycles. The first kappa shape index (κ1) is 17.1. The summed E-state index contributed by atoms with van der Waals surface area (Å²) < 4.78 is 5.06. The van der Waals surface area contributed by atoms with Crippen LogP contribution in [0.2, 0.25) is 10.0 Å². The van der Waals surface area contributed by atoms with Crippen LogP contribution in [-0.2, 0) is 4.79 Å². The third-order valence-corrected chi connectivity index (χ3v) is 3.27. The maximum absolute atomic E-state index is 10.4. The third-order valence-electron chi connectivity index (χ3n) is 2.77. The van der Waals surface area contributed by atoms with Gasteiger partial charge in [0.05, 0.1) is 15.8 Å². The Labute approximate surface area is 142 Å². The molecular weight excluding hydrogens is 341 g/mol. The van der Waals surface area contributed by atoms with Gasteiger partial charge in [0.1, 0.15) is 5.75 Å². The van der Waals surface area contributed by atoms with E-state index in [4.69, 9.17) is 33.0 Å². The Kier molecular flexibility index (Phi) is 5.78. The fourth-order valence-corrected chi connectivity index (χ4v) is 2.06. The van der Waals surface area contributed by atoms with Gasteiger partial charge in [-0.1, -0.05) is 23.2 Å². The Morgan fingerprint density at radius 2 is 2.04 bits per heavy atom. The second-order valence-electron chi connectivity index (χ2n) is 4.50. The number of benzene rings is 1.